The van der Waals surface area contributed by atoms with Crippen LogP contribution in [0.3, 0.4) is 0 Å². The van der Waals surface area contributed by atoms with Crippen LogP contribution in [0.1, 0.15) is 40.0 Å². The number of nitrogens with one attached hydrogen (secondary N) is 1. The van der Waals surface area contributed by atoms with E-state index in [-0.39, 0.29) is 24.0 Å². The van der Waals surface area contributed by atoms with Crippen LogP contribution in [0.4, 0.5) is 0 Å². The lowest BCUT2D eigenvalue weighted by atomic mass is 9.96. The second kappa shape index (κ2) is 5.27. The standard InChI is InChI=1S/C14H23N3O/c1-4-11-5-6-16-13(11)14(18)17-10(3)9(2)7-12(17)8-15/h9-13,16H,4-7H2,1-3H3/t9?,10-,11-,12-,13-/m0/s1. The molecule has 1 amide bonds. The molecule has 1 unspecified atom stereocenters. The Morgan fingerprint density at radius 1 is 1.50 bits per heavy atom. The number of carbonyl (C=O) groups excluding carboxylic acids is 1. The van der Waals surface area contributed by atoms with E-state index in [0.717, 1.165) is 25.8 Å². The molecule has 0 aromatic carbocycles. The van der Waals surface area contributed by atoms with Crippen molar-refractivity contribution >= 4 is 5.91 Å². The molecule has 100 valence electrons. The Balaban J connectivity index is 2.15. The summed E-state index contributed by atoms with van der Waals surface area (Å²) in [6.07, 6.45) is 2.91. The van der Waals surface area contributed by atoms with Crippen LogP contribution in [0.25, 0.3) is 0 Å². The highest BCUT2D eigenvalue weighted by Gasteiger charge is 2.44. The van der Waals surface area contributed by atoms with E-state index in [1.807, 2.05) is 4.90 Å². The van der Waals surface area contributed by atoms with Crippen LogP contribution in [0.5, 0.6) is 0 Å². The Kier molecular flexibility index (Phi) is 3.91. The van der Waals surface area contributed by atoms with Gasteiger partial charge in [0.05, 0.1) is 12.1 Å². The number of hydrogen-bond donors (Lipinski definition) is 1. The van der Waals surface area contributed by atoms with E-state index in [1.54, 1.807) is 0 Å². The molecule has 2 rings (SSSR count). The zero-order valence-corrected chi connectivity index (χ0v) is 11.5. The van der Waals surface area contributed by atoms with Gasteiger partial charge in [0.15, 0.2) is 0 Å². The Morgan fingerprint density at radius 3 is 2.83 bits per heavy atom. The minimum absolute atomic E-state index is 0.0707. The van der Waals surface area contributed by atoms with Crippen molar-refractivity contribution in [3.63, 3.8) is 0 Å². The summed E-state index contributed by atoms with van der Waals surface area (Å²) >= 11 is 0. The van der Waals surface area contributed by atoms with Gasteiger partial charge in [-0.05, 0) is 38.1 Å². The molecule has 0 aromatic rings. The van der Waals surface area contributed by atoms with Crippen LogP contribution in [-0.4, -0.2) is 35.5 Å². The van der Waals surface area contributed by atoms with Gasteiger partial charge < -0.3 is 10.2 Å². The van der Waals surface area contributed by atoms with Crippen molar-refractivity contribution in [2.45, 2.75) is 58.2 Å². The van der Waals surface area contributed by atoms with E-state index in [4.69, 9.17) is 0 Å². The minimum atomic E-state index is -0.234. The third kappa shape index (κ3) is 2.12. The summed E-state index contributed by atoms with van der Waals surface area (Å²) in [7, 11) is 0. The number of amides is 1. The van der Waals surface area contributed by atoms with Gasteiger partial charge in [0, 0.05) is 6.04 Å². The smallest absolute Gasteiger partial charge is 0.241 e. The van der Waals surface area contributed by atoms with Gasteiger partial charge in [-0.1, -0.05) is 20.3 Å². The Labute approximate surface area is 109 Å². The molecule has 2 heterocycles. The van der Waals surface area contributed by atoms with Gasteiger partial charge in [0.1, 0.15) is 6.04 Å². The van der Waals surface area contributed by atoms with Crippen molar-refractivity contribution in [3.8, 4) is 6.07 Å². The van der Waals surface area contributed by atoms with Crippen LogP contribution < -0.4 is 5.32 Å². The van der Waals surface area contributed by atoms with Crippen molar-refractivity contribution in [1.82, 2.24) is 10.2 Å². The molecule has 4 heteroatoms. The molecule has 18 heavy (non-hydrogen) atoms. The lowest BCUT2D eigenvalue weighted by molar-refractivity contribution is -0.136. The molecule has 1 N–H and O–H groups in total. The average Bonchev–Trinajstić information content (AvgIpc) is 2.94. The zero-order chi connectivity index (χ0) is 13.3. The second-order valence-corrected chi connectivity index (χ2v) is 5.73. The van der Waals surface area contributed by atoms with Gasteiger partial charge in [-0.3, -0.25) is 4.79 Å². The highest BCUT2D eigenvalue weighted by molar-refractivity contribution is 5.83. The van der Waals surface area contributed by atoms with E-state index in [1.165, 1.54) is 0 Å². The molecular formula is C14H23N3O. The number of nitrogens with zero attached hydrogens (tertiary/aromatic N) is 2. The summed E-state index contributed by atoms with van der Waals surface area (Å²) < 4.78 is 0. The summed E-state index contributed by atoms with van der Waals surface area (Å²) in [5.74, 6) is 0.989. The Bertz CT molecular complexity index is 363. The highest BCUT2D eigenvalue weighted by Crippen LogP contribution is 2.32. The van der Waals surface area contributed by atoms with Gasteiger partial charge in [-0.25, -0.2) is 0 Å². The Hall–Kier alpha value is -1.08. The maximum Gasteiger partial charge on any atom is 0.241 e. The topological polar surface area (TPSA) is 56.1 Å². The molecule has 0 radical (unpaired) electrons. The monoisotopic (exact) mass is 249 g/mol. The van der Waals surface area contributed by atoms with Gasteiger partial charge in [-0.15, -0.1) is 0 Å². The van der Waals surface area contributed by atoms with Gasteiger partial charge in [0.25, 0.3) is 0 Å². The van der Waals surface area contributed by atoms with Crippen LogP contribution in [0.2, 0.25) is 0 Å². The number of rotatable bonds is 2. The van der Waals surface area contributed by atoms with E-state index >= 15 is 0 Å². The fraction of sp³-hybridized carbons (Fsp3) is 0.857. The molecule has 0 aliphatic carbocycles. The van der Waals surface area contributed by atoms with Crippen molar-refractivity contribution in [2.75, 3.05) is 6.54 Å². The number of hydrogen-bond acceptors (Lipinski definition) is 3. The largest absolute Gasteiger partial charge is 0.322 e. The van der Waals surface area contributed by atoms with Gasteiger partial charge in [0.2, 0.25) is 5.91 Å². The minimum Gasteiger partial charge on any atom is -0.322 e. The third-order valence-corrected chi connectivity index (χ3v) is 4.74. The lowest BCUT2D eigenvalue weighted by Crippen LogP contribution is -2.50. The quantitative estimate of drug-likeness (QED) is 0.807. The van der Waals surface area contributed by atoms with Gasteiger partial charge >= 0.3 is 0 Å². The third-order valence-electron chi connectivity index (χ3n) is 4.74. The SMILES string of the molecule is CC[C@H]1CCN[C@@H]1C(=O)N1[C@H](C#N)CC(C)[C@@H]1C. The molecule has 0 spiro atoms. The maximum absolute atomic E-state index is 12.7. The van der Waals surface area contributed by atoms with E-state index in [2.05, 4.69) is 32.2 Å². The molecule has 0 aromatic heterocycles. The molecule has 2 aliphatic rings. The van der Waals surface area contributed by atoms with Crippen molar-refractivity contribution in [2.24, 2.45) is 11.8 Å². The first-order valence-electron chi connectivity index (χ1n) is 7.05. The van der Waals surface area contributed by atoms with Crippen molar-refractivity contribution in [3.05, 3.63) is 0 Å². The zero-order valence-electron chi connectivity index (χ0n) is 11.5. The number of likely N-dealkylation sites (tertiary alicyclic amines) is 1. The number of carbonyl (C=O) groups is 1. The normalized spacial score (nSPS) is 39.9. The van der Waals surface area contributed by atoms with Crippen LogP contribution in [-0.2, 0) is 4.79 Å². The molecule has 2 aliphatic heterocycles. The first-order chi connectivity index (χ1) is 8.60. The second-order valence-electron chi connectivity index (χ2n) is 5.73. The van der Waals surface area contributed by atoms with Crippen LogP contribution in [0.15, 0.2) is 0 Å². The van der Waals surface area contributed by atoms with Crippen molar-refractivity contribution in [1.29, 1.82) is 5.26 Å². The van der Waals surface area contributed by atoms with E-state index < -0.39 is 0 Å². The predicted molar refractivity (Wildman–Crippen MR) is 69.7 cm³/mol. The first kappa shape index (κ1) is 13.4. The number of nitriles is 1. The molecule has 0 saturated carbocycles. The lowest BCUT2D eigenvalue weighted by Gasteiger charge is -2.30. The molecule has 0 bridgehead atoms. The summed E-state index contributed by atoms with van der Waals surface area (Å²) in [6, 6.07) is 2.17. The predicted octanol–water partition coefficient (Wildman–Crippen LogP) is 1.52. The summed E-state index contributed by atoms with van der Waals surface area (Å²) in [6.45, 7) is 7.25. The van der Waals surface area contributed by atoms with Gasteiger partial charge in [-0.2, -0.15) is 5.26 Å². The van der Waals surface area contributed by atoms with E-state index in [9.17, 15) is 10.1 Å². The average molecular weight is 249 g/mol. The highest BCUT2D eigenvalue weighted by atomic mass is 16.2. The fourth-order valence-corrected chi connectivity index (χ4v) is 3.34. The first-order valence-corrected chi connectivity index (χ1v) is 7.05. The van der Waals surface area contributed by atoms with Crippen molar-refractivity contribution < 1.29 is 4.79 Å². The molecule has 2 fully saturated rings. The molecule has 2 saturated heterocycles. The summed E-state index contributed by atoms with van der Waals surface area (Å²) in [5, 5.41) is 12.5. The fourth-order valence-electron chi connectivity index (χ4n) is 3.34. The van der Waals surface area contributed by atoms with Crippen LogP contribution in [0, 0.1) is 23.2 Å². The summed E-state index contributed by atoms with van der Waals surface area (Å²) in [4.78, 5) is 14.5. The summed E-state index contributed by atoms with van der Waals surface area (Å²) in [5.41, 5.74) is 0. The maximum atomic E-state index is 12.7. The molecule has 5 atom stereocenters. The molecular weight excluding hydrogens is 226 g/mol. The molecule has 4 nitrogen and oxygen atoms in total. The Morgan fingerprint density at radius 2 is 2.22 bits per heavy atom. The van der Waals surface area contributed by atoms with E-state index in [0.29, 0.717) is 11.8 Å². The van der Waals surface area contributed by atoms with Crippen LogP contribution >= 0.6 is 0 Å².